The molecule has 0 aliphatic heterocycles. The third-order valence-corrected chi connectivity index (χ3v) is 3.55. The fraction of sp³-hybridized carbons (Fsp3) is 0.308. The molecule has 1 aromatic heterocycles. The second kappa shape index (κ2) is 4.17. The molecule has 2 aromatic rings. The number of halogens is 1. The molecule has 1 aliphatic carbocycles. The predicted molar refractivity (Wildman–Crippen MR) is 69.0 cm³/mol. The van der Waals surface area contributed by atoms with Crippen molar-refractivity contribution in [2.45, 2.75) is 25.3 Å². The molecule has 17 heavy (non-hydrogen) atoms. The van der Waals surface area contributed by atoms with E-state index in [0.717, 1.165) is 35.5 Å². The van der Waals surface area contributed by atoms with E-state index in [1.807, 2.05) is 24.3 Å². The van der Waals surface area contributed by atoms with E-state index in [1.54, 1.807) is 0 Å². The summed E-state index contributed by atoms with van der Waals surface area (Å²) < 4.78 is 0. The lowest BCUT2D eigenvalue weighted by atomic mass is 9.90. The van der Waals surface area contributed by atoms with Crippen molar-refractivity contribution in [3.8, 4) is 11.3 Å². The summed E-state index contributed by atoms with van der Waals surface area (Å²) in [6.45, 7) is 0. The van der Waals surface area contributed by atoms with Gasteiger partial charge in [-0.15, -0.1) is 0 Å². The van der Waals surface area contributed by atoms with Gasteiger partial charge in [0, 0.05) is 27.9 Å². The summed E-state index contributed by atoms with van der Waals surface area (Å²) in [6, 6.07) is 8.03. The van der Waals surface area contributed by atoms with Crippen LogP contribution in [0.15, 0.2) is 24.3 Å². The van der Waals surface area contributed by atoms with Gasteiger partial charge < -0.3 is 5.73 Å². The van der Waals surface area contributed by atoms with Crippen molar-refractivity contribution in [3.05, 3.63) is 40.5 Å². The molecule has 0 bridgehead atoms. The molecule has 0 amide bonds. The maximum Gasteiger partial charge on any atom is 0.0956 e. The van der Waals surface area contributed by atoms with E-state index < -0.39 is 0 Å². The van der Waals surface area contributed by atoms with Gasteiger partial charge in [0.05, 0.1) is 5.69 Å². The summed E-state index contributed by atoms with van der Waals surface area (Å²) in [4.78, 5) is 0. The van der Waals surface area contributed by atoms with Gasteiger partial charge in [-0.1, -0.05) is 23.7 Å². The van der Waals surface area contributed by atoms with Crippen LogP contribution in [-0.2, 0) is 12.8 Å². The number of aryl methyl sites for hydroxylation is 1. The number of nitrogens with one attached hydrogen (secondary N) is 1. The highest BCUT2D eigenvalue weighted by atomic mass is 35.5. The number of hydrogen-bond donors (Lipinski definition) is 2. The first-order chi connectivity index (χ1) is 8.24. The predicted octanol–water partition coefficient (Wildman–Crippen LogP) is 2.55. The molecule has 3 N–H and O–H groups in total. The Kier molecular flexibility index (Phi) is 2.65. The molecule has 3 rings (SSSR count). The van der Waals surface area contributed by atoms with Crippen molar-refractivity contribution in [2.24, 2.45) is 5.73 Å². The molecule has 0 unspecified atom stereocenters. The minimum Gasteiger partial charge on any atom is -0.327 e. The molecule has 1 aliphatic rings. The van der Waals surface area contributed by atoms with Crippen LogP contribution in [-0.4, -0.2) is 16.2 Å². The molecule has 0 spiro atoms. The first kappa shape index (κ1) is 10.8. The highest BCUT2D eigenvalue weighted by molar-refractivity contribution is 6.30. The maximum absolute atomic E-state index is 6.02. The molecule has 1 heterocycles. The van der Waals surface area contributed by atoms with Gasteiger partial charge in [0.1, 0.15) is 0 Å². The summed E-state index contributed by atoms with van der Waals surface area (Å²) >= 11 is 5.89. The standard InChI is InChI=1S/C13H14ClN3/c14-9-3-1-8(2-4-9)13-11-7-10(15)5-6-12(11)16-17-13/h1-4,10H,5-7,15H2,(H,16,17)/t10-/m1/s1. The summed E-state index contributed by atoms with van der Waals surface area (Å²) in [7, 11) is 0. The van der Waals surface area contributed by atoms with Gasteiger partial charge in [0.2, 0.25) is 0 Å². The highest BCUT2D eigenvalue weighted by Crippen LogP contribution is 2.29. The van der Waals surface area contributed by atoms with Crippen molar-refractivity contribution in [2.75, 3.05) is 0 Å². The Morgan fingerprint density at radius 2 is 2.06 bits per heavy atom. The summed E-state index contributed by atoms with van der Waals surface area (Å²) in [5.74, 6) is 0. The second-order valence-corrected chi connectivity index (χ2v) is 4.98. The Labute approximate surface area is 105 Å². The number of aromatic nitrogens is 2. The van der Waals surface area contributed by atoms with E-state index in [1.165, 1.54) is 11.3 Å². The molecule has 1 atom stereocenters. The fourth-order valence-electron chi connectivity index (χ4n) is 2.37. The summed E-state index contributed by atoms with van der Waals surface area (Å²) in [5.41, 5.74) is 10.6. The summed E-state index contributed by atoms with van der Waals surface area (Å²) in [6.07, 6.45) is 2.94. The quantitative estimate of drug-likeness (QED) is 0.814. The van der Waals surface area contributed by atoms with Crippen molar-refractivity contribution < 1.29 is 0 Å². The number of rotatable bonds is 1. The minimum atomic E-state index is 0.256. The molecule has 1 aromatic carbocycles. The first-order valence-electron chi connectivity index (χ1n) is 5.81. The molecule has 0 fully saturated rings. The van der Waals surface area contributed by atoms with Crippen LogP contribution in [0.5, 0.6) is 0 Å². The van der Waals surface area contributed by atoms with Crippen LogP contribution in [0.2, 0.25) is 5.02 Å². The van der Waals surface area contributed by atoms with Gasteiger partial charge >= 0.3 is 0 Å². The molecule has 88 valence electrons. The van der Waals surface area contributed by atoms with Crippen molar-refractivity contribution in [1.82, 2.24) is 10.2 Å². The number of fused-ring (bicyclic) bond motifs is 1. The Balaban J connectivity index is 2.04. The van der Waals surface area contributed by atoms with Gasteiger partial charge in [0.15, 0.2) is 0 Å². The van der Waals surface area contributed by atoms with E-state index in [4.69, 9.17) is 17.3 Å². The van der Waals surface area contributed by atoms with E-state index in [9.17, 15) is 0 Å². The fourth-order valence-corrected chi connectivity index (χ4v) is 2.49. The van der Waals surface area contributed by atoms with Crippen LogP contribution in [0.4, 0.5) is 0 Å². The second-order valence-electron chi connectivity index (χ2n) is 4.54. The van der Waals surface area contributed by atoms with E-state index in [2.05, 4.69) is 10.2 Å². The average molecular weight is 248 g/mol. The van der Waals surface area contributed by atoms with Crippen molar-refractivity contribution in [1.29, 1.82) is 0 Å². The lowest BCUT2D eigenvalue weighted by Crippen LogP contribution is -2.27. The molecule has 0 saturated carbocycles. The molecule has 0 radical (unpaired) electrons. The molecular formula is C13H14ClN3. The number of hydrogen-bond acceptors (Lipinski definition) is 2. The van der Waals surface area contributed by atoms with Crippen LogP contribution in [0.3, 0.4) is 0 Å². The van der Waals surface area contributed by atoms with Crippen LogP contribution in [0, 0.1) is 0 Å². The number of aromatic amines is 1. The normalized spacial score (nSPS) is 19.1. The largest absolute Gasteiger partial charge is 0.327 e. The topological polar surface area (TPSA) is 54.7 Å². The average Bonchev–Trinajstić information content (AvgIpc) is 2.73. The minimum absolute atomic E-state index is 0.256. The lowest BCUT2D eigenvalue weighted by Gasteiger charge is -2.18. The number of benzene rings is 1. The Morgan fingerprint density at radius 1 is 1.29 bits per heavy atom. The molecule has 0 saturated heterocycles. The van der Waals surface area contributed by atoms with Gasteiger partial charge in [0.25, 0.3) is 0 Å². The molecule has 3 nitrogen and oxygen atoms in total. The third-order valence-electron chi connectivity index (χ3n) is 3.30. The van der Waals surface area contributed by atoms with Gasteiger partial charge in [-0.2, -0.15) is 5.10 Å². The zero-order valence-corrected chi connectivity index (χ0v) is 10.2. The summed E-state index contributed by atoms with van der Waals surface area (Å²) in [5, 5.41) is 8.28. The van der Waals surface area contributed by atoms with E-state index >= 15 is 0 Å². The van der Waals surface area contributed by atoms with Gasteiger partial charge in [-0.3, -0.25) is 5.10 Å². The van der Waals surface area contributed by atoms with Crippen LogP contribution in [0.25, 0.3) is 11.3 Å². The third kappa shape index (κ3) is 1.96. The van der Waals surface area contributed by atoms with E-state index in [-0.39, 0.29) is 6.04 Å². The Hall–Kier alpha value is -1.32. The van der Waals surface area contributed by atoms with Gasteiger partial charge in [-0.05, 0) is 31.4 Å². The maximum atomic E-state index is 6.02. The highest BCUT2D eigenvalue weighted by Gasteiger charge is 2.21. The number of nitrogens with two attached hydrogens (primary N) is 1. The van der Waals surface area contributed by atoms with Crippen LogP contribution in [0.1, 0.15) is 17.7 Å². The molecular weight excluding hydrogens is 234 g/mol. The Morgan fingerprint density at radius 3 is 2.82 bits per heavy atom. The van der Waals surface area contributed by atoms with Crippen LogP contribution < -0.4 is 5.73 Å². The van der Waals surface area contributed by atoms with Crippen molar-refractivity contribution in [3.63, 3.8) is 0 Å². The van der Waals surface area contributed by atoms with E-state index in [0.29, 0.717) is 0 Å². The van der Waals surface area contributed by atoms with Crippen LogP contribution >= 0.6 is 11.6 Å². The zero-order valence-electron chi connectivity index (χ0n) is 9.41. The monoisotopic (exact) mass is 247 g/mol. The first-order valence-corrected chi connectivity index (χ1v) is 6.19. The molecule has 4 heteroatoms. The van der Waals surface area contributed by atoms with Crippen molar-refractivity contribution >= 4 is 11.6 Å². The van der Waals surface area contributed by atoms with Gasteiger partial charge in [-0.25, -0.2) is 0 Å². The lowest BCUT2D eigenvalue weighted by molar-refractivity contribution is 0.572. The zero-order chi connectivity index (χ0) is 11.8. The number of nitrogens with zero attached hydrogens (tertiary/aromatic N) is 1. The number of H-pyrrole nitrogens is 1. The smallest absolute Gasteiger partial charge is 0.0956 e. The SMILES string of the molecule is N[C@@H]1CCc2[nH]nc(-c3ccc(Cl)cc3)c2C1. The Bertz CT molecular complexity index is 530.